The van der Waals surface area contributed by atoms with E-state index >= 15 is 0 Å². The smallest absolute Gasteiger partial charge is 0.0668 e. The van der Waals surface area contributed by atoms with E-state index in [-0.39, 0.29) is 11.2 Å². The van der Waals surface area contributed by atoms with E-state index in [0.29, 0.717) is 5.75 Å². The molecule has 0 heterocycles. The fourth-order valence-electron chi connectivity index (χ4n) is 1.60. The quantitative estimate of drug-likeness (QED) is 0.631. The highest BCUT2D eigenvalue weighted by atomic mass is 32.2. The molecule has 0 N–H and O–H groups in total. The first-order chi connectivity index (χ1) is 5.29. The Morgan fingerprint density at radius 1 is 1.64 bits per heavy atom. The largest absolute Gasteiger partial charge is 0.259 e. The first-order valence-corrected chi connectivity index (χ1v) is 5.44. The molecule has 1 aliphatic carbocycles. The average molecular weight is 171 g/mol. The Balaban J connectivity index is 2.58. The van der Waals surface area contributed by atoms with Crippen LogP contribution in [0.1, 0.15) is 26.2 Å². The minimum atomic E-state index is -0.755. The van der Waals surface area contributed by atoms with Crippen LogP contribution < -0.4 is 0 Å². The Morgan fingerprint density at radius 2 is 2.36 bits per heavy atom. The van der Waals surface area contributed by atoms with Crippen molar-refractivity contribution >= 4 is 10.8 Å². The molecule has 0 aliphatic heterocycles. The molecule has 0 aromatic heterocycles. The lowest BCUT2D eigenvalue weighted by Crippen LogP contribution is -2.20. The molecular formula is C8H13NOS. The van der Waals surface area contributed by atoms with Gasteiger partial charge in [0.15, 0.2) is 0 Å². The maximum absolute atomic E-state index is 11.3. The van der Waals surface area contributed by atoms with Gasteiger partial charge in [-0.25, -0.2) is 0 Å². The standard InChI is InChI=1S/C8H13NOS/c1-2-11(10)8-5-3-4-7(8)6-9/h7-8H,2-5H2,1H3. The lowest BCUT2D eigenvalue weighted by Gasteiger charge is -2.10. The second kappa shape index (κ2) is 3.87. The molecule has 62 valence electrons. The Labute approximate surface area is 70.1 Å². The lowest BCUT2D eigenvalue weighted by atomic mass is 10.1. The summed E-state index contributed by atoms with van der Waals surface area (Å²) < 4.78 is 11.3. The Bertz CT molecular complexity index is 197. The molecule has 1 fully saturated rings. The Kier molecular flexibility index (Phi) is 3.07. The fraction of sp³-hybridized carbons (Fsp3) is 0.875. The van der Waals surface area contributed by atoms with E-state index in [2.05, 4.69) is 6.07 Å². The van der Waals surface area contributed by atoms with Gasteiger partial charge in [0.1, 0.15) is 0 Å². The van der Waals surface area contributed by atoms with Crippen molar-refractivity contribution in [3.63, 3.8) is 0 Å². The summed E-state index contributed by atoms with van der Waals surface area (Å²) in [6.45, 7) is 1.92. The van der Waals surface area contributed by atoms with Crippen LogP contribution in [0.2, 0.25) is 0 Å². The third-order valence-corrected chi connectivity index (χ3v) is 4.05. The summed E-state index contributed by atoms with van der Waals surface area (Å²) in [7, 11) is -0.755. The summed E-state index contributed by atoms with van der Waals surface area (Å²) >= 11 is 0. The Morgan fingerprint density at radius 3 is 2.91 bits per heavy atom. The maximum atomic E-state index is 11.3. The van der Waals surface area contributed by atoms with Gasteiger partial charge in [-0.1, -0.05) is 13.3 Å². The van der Waals surface area contributed by atoms with E-state index in [1.54, 1.807) is 0 Å². The molecule has 1 aliphatic rings. The van der Waals surface area contributed by atoms with Crippen LogP contribution in [0.5, 0.6) is 0 Å². The predicted octanol–water partition coefficient (Wildman–Crippen LogP) is 1.45. The summed E-state index contributed by atoms with van der Waals surface area (Å²) in [5.74, 6) is 0.763. The highest BCUT2D eigenvalue weighted by Gasteiger charge is 2.30. The Hall–Kier alpha value is -0.360. The number of rotatable bonds is 2. The van der Waals surface area contributed by atoms with Gasteiger partial charge in [0.05, 0.1) is 17.2 Å². The molecule has 3 unspecified atom stereocenters. The van der Waals surface area contributed by atoms with Crippen molar-refractivity contribution in [1.82, 2.24) is 0 Å². The number of hydrogen-bond acceptors (Lipinski definition) is 2. The zero-order valence-electron chi connectivity index (χ0n) is 6.75. The molecule has 1 saturated carbocycles. The van der Waals surface area contributed by atoms with Crippen molar-refractivity contribution < 1.29 is 4.21 Å². The highest BCUT2D eigenvalue weighted by molar-refractivity contribution is 7.85. The fourth-order valence-corrected chi connectivity index (χ4v) is 3.02. The molecule has 0 radical (unpaired) electrons. The maximum Gasteiger partial charge on any atom is 0.0668 e. The summed E-state index contributed by atoms with van der Waals surface area (Å²) in [5, 5.41) is 8.87. The minimum Gasteiger partial charge on any atom is -0.259 e. The zero-order valence-corrected chi connectivity index (χ0v) is 7.56. The molecule has 0 amide bonds. The van der Waals surface area contributed by atoms with Gasteiger partial charge >= 0.3 is 0 Å². The third-order valence-electron chi connectivity index (χ3n) is 2.24. The summed E-state index contributed by atoms with van der Waals surface area (Å²) in [6.07, 6.45) is 3.01. The summed E-state index contributed by atoms with van der Waals surface area (Å²) in [5.41, 5.74) is 0. The van der Waals surface area contributed by atoms with Crippen molar-refractivity contribution in [2.75, 3.05) is 5.75 Å². The second-order valence-electron chi connectivity index (χ2n) is 2.87. The van der Waals surface area contributed by atoms with Gasteiger partial charge in [0.2, 0.25) is 0 Å². The van der Waals surface area contributed by atoms with E-state index in [0.717, 1.165) is 19.3 Å². The number of hydrogen-bond donors (Lipinski definition) is 0. The van der Waals surface area contributed by atoms with E-state index in [4.69, 9.17) is 5.26 Å². The molecule has 3 atom stereocenters. The molecule has 0 aromatic rings. The lowest BCUT2D eigenvalue weighted by molar-refractivity contribution is 0.646. The topological polar surface area (TPSA) is 40.9 Å². The van der Waals surface area contributed by atoms with Crippen molar-refractivity contribution in [2.24, 2.45) is 5.92 Å². The van der Waals surface area contributed by atoms with E-state index in [9.17, 15) is 4.21 Å². The molecule has 0 bridgehead atoms. The summed E-state index contributed by atoms with van der Waals surface area (Å²) in [6, 6.07) is 2.24. The molecule has 1 rings (SSSR count). The average Bonchev–Trinajstić information content (AvgIpc) is 2.50. The minimum absolute atomic E-state index is 0.0655. The van der Waals surface area contributed by atoms with Crippen LogP contribution in [0.4, 0.5) is 0 Å². The van der Waals surface area contributed by atoms with E-state index in [1.165, 1.54) is 0 Å². The van der Waals surface area contributed by atoms with Gasteiger partial charge in [-0.3, -0.25) is 4.21 Å². The zero-order chi connectivity index (χ0) is 8.27. The number of nitrogens with zero attached hydrogens (tertiary/aromatic N) is 1. The van der Waals surface area contributed by atoms with E-state index < -0.39 is 10.8 Å². The van der Waals surface area contributed by atoms with Crippen molar-refractivity contribution in [2.45, 2.75) is 31.4 Å². The van der Waals surface area contributed by atoms with Crippen LogP contribution >= 0.6 is 0 Å². The van der Waals surface area contributed by atoms with Gasteiger partial charge in [-0.15, -0.1) is 0 Å². The number of nitriles is 1. The predicted molar refractivity (Wildman–Crippen MR) is 45.4 cm³/mol. The molecule has 0 spiro atoms. The van der Waals surface area contributed by atoms with Gasteiger partial charge < -0.3 is 0 Å². The molecular weight excluding hydrogens is 158 g/mol. The molecule has 3 heteroatoms. The monoisotopic (exact) mass is 171 g/mol. The third kappa shape index (κ3) is 1.81. The van der Waals surface area contributed by atoms with Crippen molar-refractivity contribution in [1.29, 1.82) is 5.26 Å². The van der Waals surface area contributed by atoms with Crippen LogP contribution in [0.25, 0.3) is 0 Å². The molecule has 0 aromatic carbocycles. The van der Waals surface area contributed by atoms with Crippen LogP contribution in [0.3, 0.4) is 0 Å². The van der Waals surface area contributed by atoms with Crippen molar-refractivity contribution in [3.8, 4) is 6.07 Å². The van der Waals surface area contributed by atoms with Gasteiger partial charge in [-0.2, -0.15) is 5.26 Å². The van der Waals surface area contributed by atoms with E-state index in [1.807, 2.05) is 6.92 Å². The van der Waals surface area contributed by atoms with Crippen molar-refractivity contribution in [3.05, 3.63) is 0 Å². The van der Waals surface area contributed by atoms with Crippen LogP contribution in [-0.2, 0) is 10.8 Å². The van der Waals surface area contributed by atoms with Crippen LogP contribution in [0, 0.1) is 17.2 Å². The normalized spacial score (nSPS) is 33.1. The molecule has 0 saturated heterocycles. The molecule has 11 heavy (non-hydrogen) atoms. The second-order valence-corrected chi connectivity index (χ2v) is 4.82. The van der Waals surface area contributed by atoms with Gasteiger partial charge in [0.25, 0.3) is 0 Å². The van der Waals surface area contributed by atoms with Crippen LogP contribution in [0.15, 0.2) is 0 Å². The first-order valence-electron chi connectivity index (χ1n) is 4.06. The highest BCUT2D eigenvalue weighted by Crippen LogP contribution is 2.28. The van der Waals surface area contributed by atoms with Gasteiger partial charge in [0, 0.05) is 16.6 Å². The molecule has 2 nitrogen and oxygen atoms in total. The SMILES string of the molecule is CCS(=O)C1CCCC1C#N. The van der Waals surface area contributed by atoms with Gasteiger partial charge in [-0.05, 0) is 12.8 Å². The first kappa shape index (κ1) is 8.73. The van der Waals surface area contributed by atoms with Crippen LogP contribution in [-0.4, -0.2) is 15.2 Å². The summed E-state index contributed by atoms with van der Waals surface area (Å²) in [4.78, 5) is 0.